The minimum atomic E-state index is -4.68. The lowest BCUT2D eigenvalue weighted by atomic mass is 9.99. The van der Waals surface area contributed by atoms with Crippen molar-refractivity contribution in [2.75, 3.05) is 6.61 Å². The minimum absolute atomic E-state index is 0.0298. The van der Waals surface area contributed by atoms with Gasteiger partial charge in [0.15, 0.2) is 0 Å². The molecule has 0 unspecified atom stereocenters. The van der Waals surface area contributed by atoms with Crippen molar-refractivity contribution in [2.45, 2.75) is 19.1 Å². The maximum absolute atomic E-state index is 13.3. The maximum Gasteiger partial charge on any atom is 0.416 e. The average Bonchev–Trinajstić information content (AvgIpc) is 2.58. The van der Waals surface area contributed by atoms with Crippen molar-refractivity contribution >= 4 is 27.5 Å². The van der Waals surface area contributed by atoms with Gasteiger partial charge in [0.25, 0.3) is 11.6 Å². The fourth-order valence-electron chi connectivity index (χ4n) is 2.54. The van der Waals surface area contributed by atoms with Crippen LogP contribution in [0, 0.1) is 17.0 Å². The highest BCUT2D eigenvalue weighted by molar-refractivity contribution is 9.10. The molecule has 0 aromatic heterocycles. The third-order valence-corrected chi connectivity index (χ3v) is 4.33. The van der Waals surface area contributed by atoms with E-state index >= 15 is 0 Å². The van der Waals surface area contributed by atoms with Gasteiger partial charge in [-0.3, -0.25) is 14.9 Å². The molecule has 0 aliphatic rings. The van der Waals surface area contributed by atoms with E-state index in [0.29, 0.717) is 0 Å². The van der Waals surface area contributed by atoms with Crippen LogP contribution < -0.4 is 5.32 Å². The Kier molecular flexibility index (Phi) is 6.22. The molecule has 0 spiro atoms. The van der Waals surface area contributed by atoms with Crippen LogP contribution in [0.15, 0.2) is 40.9 Å². The maximum atomic E-state index is 13.3. The zero-order valence-corrected chi connectivity index (χ0v) is 15.5. The first-order valence-electron chi connectivity index (χ1n) is 7.58. The summed E-state index contributed by atoms with van der Waals surface area (Å²) in [4.78, 5) is 22.6. The number of hydrogen-bond acceptors (Lipinski definition) is 4. The molecule has 0 aliphatic carbocycles. The number of carbonyl (C=O) groups excluding carboxylic acids is 1. The molecule has 2 rings (SSSR count). The Balaban J connectivity index is 2.34. The van der Waals surface area contributed by atoms with Gasteiger partial charge in [0.1, 0.15) is 0 Å². The number of nitrogens with zero attached hydrogens (tertiary/aromatic N) is 1. The lowest BCUT2D eigenvalue weighted by molar-refractivity contribution is -0.385. The molecule has 1 amide bonds. The first kappa shape index (κ1) is 20.8. The smallest absolute Gasteiger partial charge is 0.394 e. The van der Waals surface area contributed by atoms with Gasteiger partial charge in [-0.25, -0.2) is 0 Å². The molecule has 0 radical (unpaired) electrons. The molecule has 0 heterocycles. The van der Waals surface area contributed by atoms with Crippen LogP contribution in [0.5, 0.6) is 0 Å². The zero-order chi connectivity index (χ0) is 20.4. The Labute approximate surface area is 160 Å². The van der Waals surface area contributed by atoms with Gasteiger partial charge in [0, 0.05) is 21.7 Å². The van der Waals surface area contributed by atoms with Gasteiger partial charge in [-0.05, 0) is 36.8 Å². The molecule has 2 aromatic rings. The van der Waals surface area contributed by atoms with Crippen molar-refractivity contribution in [1.29, 1.82) is 0 Å². The summed E-state index contributed by atoms with van der Waals surface area (Å²) in [6, 6.07) is 5.68. The highest BCUT2D eigenvalue weighted by Crippen LogP contribution is 2.36. The van der Waals surface area contributed by atoms with E-state index in [2.05, 4.69) is 21.2 Å². The number of benzene rings is 2. The fourth-order valence-corrected chi connectivity index (χ4v) is 2.90. The zero-order valence-electron chi connectivity index (χ0n) is 13.9. The number of nitro benzene ring substituents is 1. The molecule has 0 fully saturated rings. The molecule has 0 saturated heterocycles. The van der Waals surface area contributed by atoms with Crippen molar-refractivity contribution in [2.24, 2.45) is 0 Å². The van der Waals surface area contributed by atoms with E-state index in [4.69, 9.17) is 0 Å². The number of carbonyl (C=O) groups is 1. The Hall–Kier alpha value is -2.46. The minimum Gasteiger partial charge on any atom is -0.394 e. The molecule has 0 bridgehead atoms. The number of nitrogens with one attached hydrogen (secondary N) is 1. The number of nitro groups is 1. The summed E-state index contributed by atoms with van der Waals surface area (Å²) in [5.74, 6) is -0.761. The van der Waals surface area contributed by atoms with Crippen molar-refractivity contribution in [3.05, 3.63) is 73.2 Å². The summed E-state index contributed by atoms with van der Waals surface area (Å²) in [6.45, 7) is 0.678. The monoisotopic (exact) mass is 446 g/mol. The number of aryl methyl sites for hydroxylation is 1. The summed E-state index contributed by atoms with van der Waals surface area (Å²) in [5, 5.41) is 22.7. The second-order valence-electron chi connectivity index (χ2n) is 5.70. The van der Waals surface area contributed by atoms with E-state index in [1.54, 1.807) is 0 Å². The molecule has 10 heteroatoms. The summed E-state index contributed by atoms with van der Waals surface area (Å²) in [6.07, 6.45) is -4.68. The standard InChI is InChI=1S/C17H14BrF3N2O4/c1-9-6-10(2-5-15(9)23(26)27)16(25)22-14(8-24)12-4-3-11(18)7-13(12)17(19,20)21/h2-7,14,24H,8H2,1H3,(H,22,25)/t14-/m1/s1. The van der Waals surface area contributed by atoms with E-state index in [1.165, 1.54) is 25.1 Å². The number of alkyl halides is 3. The quantitative estimate of drug-likeness (QED) is 0.532. The highest BCUT2D eigenvalue weighted by atomic mass is 79.9. The molecule has 6 nitrogen and oxygen atoms in total. The molecule has 0 aliphatic heterocycles. The first-order valence-corrected chi connectivity index (χ1v) is 8.37. The number of rotatable bonds is 5. The van der Waals surface area contributed by atoms with Crippen LogP contribution in [0.4, 0.5) is 18.9 Å². The predicted octanol–water partition coefficient (Wildman–Crippen LogP) is 4.15. The van der Waals surface area contributed by atoms with Gasteiger partial charge >= 0.3 is 6.18 Å². The van der Waals surface area contributed by atoms with Gasteiger partial charge in [-0.15, -0.1) is 0 Å². The second kappa shape index (κ2) is 8.05. The van der Waals surface area contributed by atoms with Crippen molar-refractivity contribution in [3.8, 4) is 0 Å². The second-order valence-corrected chi connectivity index (χ2v) is 6.61. The van der Waals surface area contributed by atoms with Gasteiger partial charge < -0.3 is 10.4 Å². The molecular formula is C17H14BrF3N2O4. The highest BCUT2D eigenvalue weighted by Gasteiger charge is 2.35. The van der Waals surface area contributed by atoms with Crippen LogP contribution in [0.2, 0.25) is 0 Å². The lowest BCUT2D eigenvalue weighted by Gasteiger charge is -2.21. The normalized spacial score (nSPS) is 12.5. The lowest BCUT2D eigenvalue weighted by Crippen LogP contribution is -2.32. The van der Waals surface area contributed by atoms with E-state index in [-0.39, 0.29) is 26.9 Å². The van der Waals surface area contributed by atoms with E-state index in [0.717, 1.165) is 18.2 Å². The van der Waals surface area contributed by atoms with Gasteiger partial charge in [-0.1, -0.05) is 22.0 Å². The molecule has 144 valence electrons. The molecule has 2 N–H and O–H groups in total. The summed E-state index contributed by atoms with van der Waals surface area (Å²) >= 11 is 2.97. The Bertz CT molecular complexity index is 887. The molecule has 1 atom stereocenters. The van der Waals surface area contributed by atoms with Crippen molar-refractivity contribution in [3.63, 3.8) is 0 Å². The number of aliphatic hydroxyl groups is 1. The van der Waals surface area contributed by atoms with Crippen LogP contribution in [0.3, 0.4) is 0 Å². The van der Waals surface area contributed by atoms with Crippen LogP contribution in [-0.2, 0) is 6.18 Å². The Morgan fingerprint density at radius 3 is 2.48 bits per heavy atom. The van der Waals surface area contributed by atoms with E-state index in [9.17, 15) is 33.2 Å². The largest absolute Gasteiger partial charge is 0.416 e. The molecular weight excluding hydrogens is 433 g/mol. The van der Waals surface area contributed by atoms with Gasteiger partial charge in [0.05, 0.1) is 23.1 Å². The van der Waals surface area contributed by atoms with Gasteiger partial charge in [-0.2, -0.15) is 13.2 Å². The molecule has 0 saturated carbocycles. The Morgan fingerprint density at radius 2 is 1.96 bits per heavy atom. The summed E-state index contributed by atoms with van der Waals surface area (Å²) in [5.41, 5.74) is -1.20. The first-order chi connectivity index (χ1) is 12.5. The van der Waals surface area contributed by atoms with E-state index < -0.39 is 35.2 Å². The third kappa shape index (κ3) is 4.83. The third-order valence-electron chi connectivity index (χ3n) is 3.84. The fraction of sp³-hybridized carbons (Fsp3) is 0.235. The van der Waals surface area contributed by atoms with Gasteiger partial charge in [0.2, 0.25) is 0 Å². The van der Waals surface area contributed by atoms with Crippen LogP contribution in [0.25, 0.3) is 0 Å². The van der Waals surface area contributed by atoms with E-state index in [1.807, 2.05) is 0 Å². The molecule has 27 heavy (non-hydrogen) atoms. The van der Waals surface area contributed by atoms with Crippen LogP contribution in [0.1, 0.15) is 33.1 Å². The van der Waals surface area contributed by atoms with Crippen LogP contribution in [-0.4, -0.2) is 22.5 Å². The summed E-state index contributed by atoms with van der Waals surface area (Å²) < 4.78 is 40.0. The SMILES string of the molecule is Cc1cc(C(=O)N[C@H](CO)c2ccc(Br)cc2C(F)(F)F)ccc1[N+](=O)[O-]. The number of hydrogen-bond donors (Lipinski definition) is 2. The number of amides is 1. The Morgan fingerprint density at radius 1 is 1.30 bits per heavy atom. The number of halogens is 4. The molecule has 2 aromatic carbocycles. The van der Waals surface area contributed by atoms with Crippen molar-refractivity contribution < 1.29 is 28.0 Å². The summed E-state index contributed by atoms with van der Waals surface area (Å²) in [7, 11) is 0. The number of aliphatic hydroxyl groups excluding tert-OH is 1. The predicted molar refractivity (Wildman–Crippen MR) is 94.3 cm³/mol. The topological polar surface area (TPSA) is 92.5 Å². The van der Waals surface area contributed by atoms with Crippen molar-refractivity contribution in [1.82, 2.24) is 5.32 Å². The average molecular weight is 447 g/mol. The van der Waals surface area contributed by atoms with Crippen LogP contribution >= 0.6 is 15.9 Å².